The summed E-state index contributed by atoms with van der Waals surface area (Å²) in [5.74, 6) is 3.10. The fraction of sp³-hybridized carbons (Fsp3) is 0.417. The van der Waals surface area contributed by atoms with Gasteiger partial charge in [0.25, 0.3) is 0 Å². The van der Waals surface area contributed by atoms with Crippen LogP contribution in [0.3, 0.4) is 0 Å². The van der Waals surface area contributed by atoms with Gasteiger partial charge in [0, 0.05) is 25.1 Å². The van der Waals surface area contributed by atoms with Gasteiger partial charge in [-0.15, -0.1) is 12.3 Å². The maximum atomic E-state index is 10.8. The Morgan fingerprint density at radius 1 is 1.56 bits per heavy atom. The Balaban J connectivity index is 2.66. The summed E-state index contributed by atoms with van der Waals surface area (Å²) in [6.07, 6.45) is 7.55. The first kappa shape index (κ1) is 13.8. The molecule has 0 fully saturated rings. The molecule has 1 heterocycles. The number of unbranched alkanes of at least 4 members (excludes halogenated alkanes) is 2. The predicted octanol–water partition coefficient (Wildman–Crippen LogP) is 2.21. The van der Waals surface area contributed by atoms with Gasteiger partial charge in [-0.1, -0.05) is 0 Å². The smallest absolute Gasteiger partial charge is 0.311 e. The van der Waals surface area contributed by atoms with Crippen LogP contribution < -0.4 is 10.1 Å². The highest BCUT2D eigenvalue weighted by Gasteiger charge is 2.15. The Hall–Kier alpha value is -2.29. The summed E-state index contributed by atoms with van der Waals surface area (Å²) in [7, 11) is 1.46. The van der Waals surface area contributed by atoms with Crippen LogP contribution in [-0.2, 0) is 0 Å². The number of terminal acetylenes is 1. The van der Waals surface area contributed by atoms with Crippen molar-refractivity contribution in [3.8, 4) is 18.2 Å². The number of methoxy groups -OCH3 is 1. The Morgan fingerprint density at radius 3 is 2.94 bits per heavy atom. The molecule has 0 aromatic carbocycles. The van der Waals surface area contributed by atoms with Gasteiger partial charge >= 0.3 is 5.69 Å². The van der Waals surface area contributed by atoms with E-state index in [1.54, 1.807) is 0 Å². The molecule has 1 N–H and O–H groups in total. The summed E-state index contributed by atoms with van der Waals surface area (Å²) >= 11 is 0. The Bertz CT molecular complexity index is 454. The SMILES string of the molecule is C#CCCCCNc1nc(OC)ccc1[N+](=O)[O-]. The quantitative estimate of drug-likeness (QED) is 0.347. The summed E-state index contributed by atoms with van der Waals surface area (Å²) < 4.78 is 4.93. The van der Waals surface area contributed by atoms with Crippen molar-refractivity contribution in [1.82, 2.24) is 4.98 Å². The number of anilines is 1. The van der Waals surface area contributed by atoms with E-state index in [9.17, 15) is 10.1 Å². The molecule has 0 saturated heterocycles. The molecule has 6 nitrogen and oxygen atoms in total. The summed E-state index contributed by atoms with van der Waals surface area (Å²) in [5.41, 5.74) is -0.0623. The minimum absolute atomic E-state index is 0.0623. The first-order chi connectivity index (χ1) is 8.69. The van der Waals surface area contributed by atoms with Crippen molar-refractivity contribution in [1.29, 1.82) is 0 Å². The van der Waals surface area contributed by atoms with E-state index >= 15 is 0 Å². The molecule has 0 spiro atoms. The van der Waals surface area contributed by atoms with Crippen LogP contribution in [-0.4, -0.2) is 23.6 Å². The maximum Gasteiger partial charge on any atom is 0.311 e. The predicted molar refractivity (Wildman–Crippen MR) is 68.6 cm³/mol. The zero-order valence-electron chi connectivity index (χ0n) is 10.2. The Labute approximate surface area is 106 Å². The summed E-state index contributed by atoms with van der Waals surface area (Å²) in [6.45, 7) is 0.586. The molecule has 1 aromatic heterocycles. The van der Waals surface area contributed by atoms with Crippen LogP contribution in [0.5, 0.6) is 5.88 Å². The van der Waals surface area contributed by atoms with E-state index in [2.05, 4.69) is 16.2 Å². The highest BCUT2D eigenvalue weighted by molar-refractivity contribution is 5.56. The summed E-state index contributed by atoms with van der Waals surface area (Å²) in [6, 6.07) is 2.83. The van der Waals surface area contributed by atoms with Gasteiger partial charge in [-0.3, -0.25) is 10.1 Å². The van der Waals surface area contributed by atoms with E-state index in [4.69, 9.17) is 11.2 Å². The van der Waals surface area contributed by atoms with Crippen molar-refractivity contribution in [3.05, 3.63) is 22.2 Å². The summed E-state index contributed by atoms with van der Waals surface area (Å²) in [4.78, 5) is 14.4. The summed E-state index contributed by atoms with van der Waals surface area (Å²) in [5, 5.41) is 13.7. The van der Waals surface area contributed by atoms with Gasteiger partial charge in [-0.25, -0.2) is 0 Å². The molecule has 0 amide bonds. The minimum atomic E-state index is -0.476. The van der Waals surface area contributed by atoms with Gasteiger partial charge in [0.05, 0.1) is 12.0 Å². The average Bonchev–Trinajstić information content (AvgIpc) is 2.38. The first-order valence-corrected chi connectivity index (χ1v) is 5.55. The third-order valence-corrected chi connectivity index (χ3v) is 2.29. The number of rotatable bonds is 7. The number of nitro groups is 1. The van der Waals surface area contributed by atoms with Gasteiger partial charge in [0.1, 0.15) is 0 Å². The van der Waals surface area contributed by atoms with E-state index in [1.807, 2.05) is 0 Å². The molecule has 0 atom stereocenters. The maximum absolute atomic E-state index is 10.8. The van der Waals surface area contributed by atoms with Crippen molar-refractivity contribution < 1.29 is 9.66 Å². The van der Waals surface area contributed by atoms with Gasteiger partial charge in [0.15, 0.2) is 0 Å². The van der Waals surface area contributed by atoms with Crippen molar-refractivity contribution in [2.24, 2.45) is 0 Å². The van der Waals surface area contributed by atoms with Crippen LogP contribution >= 0.6 is 0 Å². The molecule has 1 rings (SSSR count). The third-order valence-electron chi connectivity index (χ3n) is 2.29. The molecule has 0 aliphatic heterocycles. The minimum Gasteiger partial charge on any atom is -0.481 e. The van der Waals surface area contributed by atoms with Crippen LogP contribution in [0.25, 0.3) is 0 Å². The lowest BCUT2D eigenvalue weighted by Gasteiger charge is -2.07. The van der Waals surface area contributed by atoms with Gasteiger partial charge in [-0.05, 0) is 12.8 Å². The number of pyridine rings is 1. The topological polar surface area (TPSA) is 77.3 Å². The number of aromatic nitrogens is 1. The largest absolute Gasteiger partial charge is 0.481 e. The molecule has 96 valence electrons. The molecule has 0 saturated carbocycles. The van der Waals surface area contributed by atoms with E-state index in [-0.39, 0.29) is 11.5 Å². The third kappa shape index (κ3) is 3.94. The van der Waals surface area contributed by atoms with Gasteiger partial charge in [-0.2, -0.15) is 4.98 Å². The molecule has 0 radical (unpaired) electrons. The lowest BCUT2D eigenvalue weighted by atomic mass is 10.2. The lowest BCUT2D eigenvalue weighted by Crippen LogP contribution is -2.06. The second-order valence-electron chi connectivity index (χ2n) is 3.57. The molecule has 0 aliphatic carbocycles. The molecule has 6 heteroatoms. The molecule has 0 aliphatic rings. The van der Waals surface area contributed by atoms with E-state index < -0.39 is 4.92 Å². The van der Waals surface area contributed by atoms with Crippen molar-refractivity contribution in [3.63, 3.8) is 0 Å². The average molecular weight is 249 g/mol. The molecular formula is C12H15N3O3. The van der Waals surface area contributed by atoms with Gasteiger partial charge in [0.2, 0.25) is 11.7 Å². The number of hydrogen-bond acceptors (Lipinski definition) is 5. The van der Waals surface area contributed by atoms with E-state index in [0.717, 1.165) is 12.8 Å². The van der Waals surface area contributed by atoms with Crippen molar-refractivity contribution in [2.45, 2.75) is 19.3 Å². The number of nitrogens with one attached hydrogen (secondary N) is 1. The number of hydrogen-bond donors (Lipinski definition) is 1. The zero-order chi connectivity index (χ0) is 13.4. The van der Waals surface area contributed by atoms with Crippen LogP contribution in [0.2, 0.25) is 0 Å². The van der Waals surface area contributed by atoms with Gasteiger partial charge < -0.3 is 10.1 Å². The normalized spacial score (nSPS) is 9.56. The fourth-order valence-corrected chi connectivity index (χ4v) is 1.38. The molecule has 0 bridgehead atoms. The number of ether oxygens (including phenoxy) is 1. The molecule has 18 heavy (non-hydrogen) atoms. The number of nitrogens with zero attached hydrogens (tertiary/aromatic N) is 2. The van der Waals surface area contributed by atoms with Crippen molar-refractivity contribution >= 4 is 11.5 Å². The first-order valence-electron chi connectivity index (χ1n) is 5.55. The Morgan fingerprint density at radius 2 is 2.33 bits per heavy atom. The van der Waals surface area contributed by atoms with Crippen LogP contribution in [0.15, 0.2) is 12.1 Å². The fourth-order valence-electron chi connectivity index (χ4n) is 1.38. The van der Waals surface area contributed by atoms with Crippen LogP contribution in [0.1, 0.15) is 19.3 Å². The second-order valence-corrected chi connectivity index (χ2v) is 3.57. The van der Waals surface area contributed by atoms with E-state index in [0.29, 0.717) is 18.8 Å². The highest BCUT2D eigenvalue weighted by atomic mass is 16.6. The second kappa shape index (κ2) is 7.12. The molecule has 1 aromatic rings. The standard InChI is InChI=1S/C12H15N3O3/c1-3-4-5-6-9-13-12-10(15(16)17)7-8-11(14-12)18-2/h1,7-8H,4-6,9H2,2H3,(H,13,14). The zero-order valence-corrected chi connectivity index (χ0v) is 10.2. The highest BCUT2D eigenvalue weighted by Crippen LogP contribution is 2.24. The monoisotopic (exact) mass is 249 g/mol. The lowest BCUT2D eigenvalue weighted by molar-refractivity contribution is -0.384. The molecular weight excluding hydrogens is 234 g/mol. The molecule has 0 unspecified atom stereocenters. The van der Waals surface area contributed by atoms with E-state index in [1.165, 1.54) is 19.2 Å². The van der Waals surface area contributed by atoms with Crippen LogP contribution in [0.4, 0.5) is 11.5 Å². The van der Waals surface area contributed by atoms with Crippen molar-refractivity contribution in [2.75, 3.05) is 19.0 Å². The Kier molecular flexibility index (Phi) is 5.45. The van der Waals surface area contributed by atoms with Crippen LogP contribution in [0, 0.1) is 22.5 Å².